The Kier molecular flexibility index (Phi) is 8.78. The molecule has 0 aliphatic heterocycles. The molecule has 0 heterocycles. The number of nitrogens with zero attached hydrogens (tertiary/aromatic N) is 1. The van der Waals surface area contributed by atoms with Gasteiger partial charge >= 0.3 is 0 Å². The third kappa shape index (κ3) is 5.53. The summed E-state index contributed by atoms with van der Waals surface area (Å²) in [5.41, 5.74) is 24.9. The van der Waals surface area contributed by atoms with Gasteiger partial charge in [-0.1, -0.05) is 243 Å². The van der Waals surface area contributed by atoms with Crippen molar-refractivity contribution in [1.29, 1.82) is 0 Å². The molecule has 0 aromatic heterocycles. The van der Waals surface area contributed by atoms with Crippen molar-refractivity contribution in [2.75, 3.05) is 4.90 Å². The monoisotopic (exact) mass is 875 g/mol. The summed E-state index contributed by atoms with van der Waals surface area (Å²) in [6.45, 7) is 0. The first-order valence-corrected chi connectivity index (χ1v) is 24.1. The van der Waals surface area contributed by atoms with Crippen LogP contribution in [0.25, 0.3) is 55.6 Å². The maximum Gasteiger partial charge on any atom is 0.0720 e. The van der Waals surface area contributed by atoms with E-state index in [1.165, 1.54) is 83.5 Å². The molecule has 1 heteroatoms. The van der Waals surface area contributed by atoms with Gasteiger partial charge in [0.05, 0.1) is 22.2 Å². The van der Waals surface area contributed by atoms with Crippen LogP contribution in [0.15, 0.2) is 273 Å². The molecule has 322 valence electrons. The van der Waals surface area contributed by atoms with Crippen LogP contribution in [0.5, 0.6) is 0 Å². The molecule has 1 nitrogen and oxygen atoms in total. The lowest BCUT2D eigenvalue weighted by atomic mass is 9.52. The lowest BCUT2D eigenvalue weighted by molar-refractivity contribution is 0.633. The first-order chi connectivity index (χ1) is 34.3. The van der Waals surface area contributed by atoms with Gasteiger partial charge in [0.25, 0.3) is 0 Å². The Morgan fingerprint density at radius 2 is 0.565 bits per heavy atom. The summed E-state index contributed by atoms with van der Waals surface area (Å²) in [5, 5.41) is 0. The molecule has 0 fully saturated rings. The van der Waals surface area contributed by atoms with E-state index in [0.29, 0.717) is 0 Å². The Morgan fingerprint density at radius 1 is 0.217 bits per heavy atom. The van der Waals surface area contributed by atoms with E-state index in [4.69, 9.17) is 0 Å². The van der Waals surface area contributed by atoms with Crippen LogP contribution < -0.4 is 4.90 Å². The molecule has 0 radical (unpaired) electrons. The number of fused-ring (bicyclic) bond motifs is 16. The number of hydrogen-bond donors (Lipinski definition) is 0. The minimum absolute atomic E-state index is 0.507. The second-order valence-corrected chi connectivity index (χ2v) is 18.6. The number of rotatable bonds is 6. The van der Waals surface area contributed by atoms with Crippen LogP contribution in [0.2, 0.25) is 0 Å². The van der Waals surface area contributed by atoms with Crippen molar-refractivity contribution in [3.8, 4) is 55.6 Å². The highest BCUT2D eigenvalue weighted by molar-refractivity contribution is 6.02. The van der Waals surface area contributed by atoms with Gasteiger partial charge in [-0.3, -0.25) is 0 Å². The highest BCUT2D eigenvalue weighted by Crippen LogP contribution is 2.68. The molecule has 3 aliphatic rings. The summed E-state index contributed by atoms with van der Waals surface area (Å²) >= 11 is 0. The standard InChI is InChI=1S/C68H45N/c1-4-23-46(24-5-1)49-43-50(47-25-6-2-7-26-47)45-51(44-49)69(64-41-21-13-29-52(64)48-27-8-3-9-28-48)65-42-22-40-63-66(65)55-32-12-16-35-58(55)68(63)61-38-19-17-36-59(61)67(60-37-18-20-39-62(60)68)56-33-14-10-30-53(56)54-31-11-15-34-57(54)67/h1-45H. The fourth-order valence-electron chi connectivity index (χ4n) is 12.7. The van der Waals surface area contributed by atoms with Crippen LogP contribution in [-0.4, -0.2) is 0 Å². The zero-order chi connectivity index (χ0) is 45.5. The van der Waals surface area contributed by atoms with E-state index in [2.05, 4.69) is 278 Å². The average molecular weight is 876 g/mol. The van der Waals surface area contributed by atoms with E-state index in [0.717, 1.165) is 33.8 Å². The van der Waals surface area contributed by atoms with Crippen molar-refractivity contribution >= 4 is 17.1 Å². The van der Waals surface area contributed by atoms with Crippen molar-refractivity contribution in [2.24, 2.45) is 0 Å². The molecular formula is C68H45N. The van der Waals surface area contributed by atoms with E-state index in [1.54, 1.807) is 0 Å². The fourth-order valence-corrected chi connectivity index (χ4v) is 12.7. The molecule has 11 aromatic rings. The second-order valence-electron chi connectivity index (χ2n) is 18.6. The van der Waals surface area contributed by atoms with Crippen LogP contribution in [-0.2, 0) is 10.8 Å². The number of anilines is 3. The first kappa shape index (κ1) is 39.4. The third-order valence-electron chi connectivity index (χ3n) is 15.3. The zero-order valence-corrected chi connectivity index (χ0v) is 37.9. The molecule has 0 bridgehead atoms. The normalized spacial score (nSPS) is 13.7. The Hall–Kier alpha value is -8.78. The Labute approximate surface area is 403 Å². The van der Waals surface area contributed by atoms with Crippen molar-refractivity contribution in [2.45, 2.75) is 10.8 Å². The van der Waals surface area contributed by atoms with Crippen molar-refractivity contribution in [1.82, 2.24) is 0 Å². The summed E-state index contributed by atoms with van der Waals surface area (Å²) in [5.74, 6) is 0. The average Bonchev–Trinajstić information content (AvgIpc) is 3.90. The molecule has 0 amide bonds. The lowest BCUT2D eigenvalue weighted by Gasteiger charge is -2.48. The highest BCUT2D eigenvalue weighted by atomic mass is 15.1. The summed E-state index contributed by atoms with van der Waals surface area (Å²) in [7, 11) is 0. The SMILES string of the molecule is c1ccc(-c2cc(-c3ccccc3)cc(N(c3ccccc3-c3ccccc3)c3cccc4c3-c3ccccc3C43c4ccccc4C4(c5ccccc5-c5ccccc54)c4ccccc43)c2)cc1. The second kappa shape index (κ2) is 15.4. The maximum absolute atomic E-state index is 2.56. The molecule has 0 saturated carbocycles. The summed E-state index contributed by atoms with van der Waals surface area (Å²) in [4.78, 5) is 2.56. The van der Waals surface area contributed by atoms with Crippen molar-refractivity contribution in [3.63, 3.8) is 0 Å². The quantitative estimate of drug-likeness (QED) is 0.161. The summed E-state index contributed by atoms with van der Waals surface area (Å²) < 4.78 is 0. The summed E-state index contributed by atoms with van der Waals surface area (Å²) in [6.07, 6.45) is 0. The van der Waals surface area contributed by atoms with E-state index in [-0.39, 0.29) is 0 Å². The van der Waals surface area contributed by atoms with Gasteiger partial charge in [-0.05, 0) is 119 Å². The van der Waals surface area contributed by atoms with Gasteiger partial charge in [0.15, 0.2) is 0 Å². The third-order valence-corrected chi connectivity index (χ3v) is 15.3. The zero-order valence-electron chi connectivity index (χ0n) is 37.9. The smallest absolute Gasteiger partial charge is 0.0720 e. The molecule has 0 atom stereocenters. The summed E-state index contributed by atoms with van der Waals surface area (Å²) in [6, 6.07) is 102. The van der Waals surface area contributed by atoms with Crippen LogP contribution >= 0.6 is 0 Å². The predicted molar refractivity (Wildman–Crippen MR) is 286 cm³/mol. The Bertz CT molecular complexity index is 3640. The van der Waals surface area contributed by atoms with Gasteiger partial charge < -0.3 is 4.90 Å². The fraction of sp³-hybridized carbons (Fsp3) is 0.0294. The van der Waals surface area contributed by atoms with Crippen molar-refractivity contribution < 1.29 is 0 Å². The van der Waals surface area contributed by atoms with Crippen LogP contribution in [0, 0.1) is 0 Å². The molecule has 0 saturated heterocycles. The van der Waals surface area contributed by atoms with Gasteiger partial charge in [0.2, 0.25) is 0 Å². The minimum atomic E-state index is -0.626. The molecule has 69 heavy (non-hydrogen) atoms. The highest BCUT2D eigenvalue weighted by Gasteiger charge is 2.59. The van der Waals surface area contributed by atoms with Gasteiger partial charge in [-0.2, -0.15) is 0 Å². The van der Waals surface area contributed by atoms with E-state index in [9.17, 15) is 0 Å². The molecule has 0 unspecified atom stereocenters. The molecule has 11 aromatic carbocycles. The molecule has 3 aliphatic carbocycles. The van der Waals surface area contributed by atoms with Gasteiger partial charge in [0.1, 0.15) is 0 Å². The van der Waals surface area contributed by atoms with E-state index >= 15 is 0 Å². The molecule has 0 N–H and O–H groups in total. The number of para-hydroxylation sites is 1. The predicted octanol–water partition coefficient (Wildman–Crippen LogP) is 17.2. The van der Waals surface area contributed by atoms with E-state index < -0.39 is 10.8 Å². The minimum Gasteiger partial charge on any atom is -0.309 e. The molecule has 2 spiro atoms. The van der Waals surface area contributed by atoms with Crippen LogP contribution in [0.3, 0.4) is 0 Å². The topological polar surface area (TPSA) is 3.24 Å². The van der Waals surface area contributed by atoms with E-state index in [1.807, 2.05) is 0 Å². The van der Waals surface area contributed by atoms with Gasteiger partial charge in [-0.15, -0.1) is 0 Å². The Balaban J connectivity index is 1.10. The van der Waals surface area contributed by atoms with Crippen LogP contribution in [0.4, 0.5) is 17.1 Å². The van der Waals surface area contributed by atoms with Crippen molar-refractivity contribution in [3.05, 3.63) is 317 Å². The first-order valence-electron chi connectivity index (χ1n) is 24.1. The number of benzene rings is 11. The molecule has 14 rings (SSSR count). The maximum atomic E-state index is 2.56. The van der Waals surface area contributed by atoms with Crippen LogP contribution in [0.1, 0.15) is 44.5 Å². The van der Waals surface area contributed by atoms with Gasteiger partial charge in [-0.25, -0.2) is 0 Å². The number of hydrogen-bond acceptors (Lipinski definition) is 1. The largest absolute Gasteiger partial charge is 0.309 e. The lowest BCUT2D eigenvalue weighted by Crippen LogP contribution is -2.43. The van der Waals surface area contributed by atoms with Gasteiger partial charge in [0, 0.05) is 16.8 Å². The molecular weight excluding hydrogens is 831 g/mol. The Morgan fingerprint density at radius 3 is 1.07 bits per heavy atom.